The summed E-state index contributed by atoms with van der Waals surface area (Å²) in [5.74, 6) is -0.352. The van der Waals surface area contributed by atoms with Crippen LogP contribution in [0.4, 0.5) is 5.13 Å². The number of nitrogens with zero attached hydrogens (tertiary/aromatic N) is 2. The van der Waals surface area contributed by atoms with E-state index < -0.39 is 5.41 Å². The summed E-state index contributed by atoms with van der Waals surface area (Å²) in [5, 5.41) is 12.7. The molecule has 0 bridgehead atoms. The molecular formula is C17H19ClN4O3S. The molecular weight excluding hydrogens is 376 g/mol. The van der Waals surface area contributed by atoms with E-state index in [2.05, 4.69) is 10.3 Å². The Hall–Kier alpha value is -2.16. The highest BCUT2D eigenvalue weighted by molar-refractivity contribution is 7.17. The van der Waals surface area contributed by atoms with Crippen LogP contribution in [0.15, 0.2) is 30.5 Å². The lowest BCUT2D eigenvalue weighted by Crippen LogP contribution is -2.65. The number of thiazole rings is 1. The minimum atomic E-state index is -0.727. The van der Waals surface area contributed by atoms with Gasteiger partial charge in [-0.05, 0) is 24.1 Å². The fourth-order valence-electron chi connectivity index (χ4n) is 3.06. The minimum Gasteiger partial charge on any atom is -0.395 e. The van der Waals surface area contributed by atoms with Gasteiger partial charge in [-0.25, -0.2) is 4.98 Å². The van der Waals surface area contributed by atoms with Gasteiger partial charge in [0.2, 0.25) is 5.91 Å². The fourth-order valence-corrected chi connectivity index (χ4v) is 3.83. The number of halogens is 1. The highest BCUT2D eigenvalue weighted by atomic mass is 35.5. The number of aliphatic hydroxyl groups is 1. The van der Waals surface area contributed by atoms with Crippen molar-refractivity contribution in [1.82, 2.24) is 15.2 Å². The first-order valence-corrected chi connectivity index (χ1v) is 9.27. The molecule has 2 heterocycles. The summed E-state index contributed by atoms with van der Waals surface area (Å²) in [7, 11) is 0. The third kappa shape index (κ3) is 3.82. The van der Waals surface area contributed by atoms with E-state index in [4.69, 9.17) is 22.4 Å². The molecule has 7 nitrogen and oxygen atoms in total. The van der Waals surface area contributed by atoms with Crippen LogP contribution in [-0.4, -0.2) is 53.0 Å². The first-order chi connectivity index (χ1) is 12.4. The number of benzene rings is 1. The molecule has 1 aromatic heterocycles. The lowest BCUT2D eigenvalue weighted by atomic mass is 9.73. The summed E-state index contributed by atoms with van der Waals surface area (Å²) in [6.07, 6.45) is 1.93. The summed E-state index contributed by atoms with van der Waals surface area (Å²) in [4.78, 5) is 31.1. The zero-order valence-corrected chi connectivity index (χ0v) is 15.5. The molecule has 0 radical (unpaired) electrons. The first kappa shape index (κ1) is 18.6. The molecule has 0 spiro atoms. The number of nitrogens with two attached hydrogens (primary N) is 1. The SMILES string of the molecule is Nc1ncc(C(=O)N2CC(Cc3ccc(Cl)cc3)(C(=O)NCCO)C2)s1. The van der Waals surface area contributed by atoms with Crippen LogP contribution in [0.3, 0.4) is 0 Å². The van der Waals surface area contributed by atoms with Gasteiger partial charge in [0.15, 0.2) is 5.13 Å². The number of nitrogens with one attached hydrogen (secondary N) is 1. The van der Waals surface area contributed by atoms with Gasteiger partial charge in [-0.1, -0.05) is 35.1 Å². The molecule has 0 aliphatic carbocycles. The van der Waals surface area contributed by atoms with E-state index in [9.17, 15) is 9.59 Å². The highest BCUT2D eigenvalue weighted by Crippen LogP contribution is 2.36. The Balaban J connectivity index is 1.74. The molecule has 0 saturated carbocycles. The van der Waals surface area contributed by atoms with E-state index in [1.807, 2.05) is 12.1 Å². The lowest BCUT2D eigenvalue weighted by Gasteiger charge is -2.48. The largest absolute Gasteiger partial charge is 0.395 e. The molecule has 1 aliphatic heterocycles. The Morgan fingerprint density at radius 1 is 1.35 bits per heavy atom. The number of aliphatic hydroxyl groups excluding tert-OH is 1. The van der Waals surface area contributed by atoms with Crippen molar-refractivity contribution in [2.24, 2.45) is 5.41 Å². The van der Waals surface area contributed by atoms with E-state index in [1.165, 1.54) is 6.20 Å². The lowest BCUT2D eigenvalue weighted by molar-refractivity contribution is -0.139. The molecule has 0 unspecified atom stereocenters. The van der Waals surface area contributed by atoms with Crippen molar-refractivity contribution >= 4 is 39.9 Å². The summed E-state index contributed by atoms with van der Waals surface area (Å²) < 4.78 is 0. The molecule has 9 heteroatoms. The predicted molar refractivity (Wildman–Crippen MR) is 100 cm³/mol. The third-order valence-electron chi connectivity index (χ3n) is 4.34. The number of nitrogen functional groups attached to an aromatic ring is 1. The van der Waals surface area contributed by atoms with Crippen molar-refractivity contribution < 1.29 is 14.7 Å². The molecule has 3 rings (SSSR count). The van der Waals surface area contributed by atoms with Crippen LogP contribution >= 0.6 is 22.9 Å². The number of amides is 2. The normalized spacial score (nSPS) is 15.4. The number of rotatable bonds is 6. The van der Waals surface area contributed by atoms with Gasteiger partial charge in [-0.3, -0.25) is 9.59 Å². The number of hydrogen-bond donors (Lipinski definition) is 3. The van der Waals surface area contributed by atoms with Crippen LogP contribution in [0.1, 0.15) is 15.2 Å². The van der Waals surface area contributed by atoms with E-state index in [-0.39, 0.29) is 25.0 Å². The topological polar surface area (TPSA) is 109 Å². The van der Waals surface area contributed by atoms with E-state index >= 15 is 0 Å². The molecule has 1 fully saturated rings. The molecule has 2 aromatic rings. The minimum absolute atomic E-state index is 0.133. The average molecular weight is 395 g/mol. The van der Waals surface area contributed by atoms with Gasteiger partial charge in [0.25, 0.3) is 5.91 Å². The zero-order valence-electron chi connectivity index (χ0n) is 13.9. The van der Waals surface area contributed by atoms with Gasteiger partial charge >= 0.3 is 0 Å². The summed E-state index contributed by atoms with van der Waals surface area (Å²) in [6.45, 7) is 0.638. The summed E-state index contributed by atoms with van der Waals surface area (Å²) >= 11 is 7.05. The van der Waals surface area contributed by atoms with E-state index in [1.54, 1.807) is 17.0 Å². The van der Waals surface area contributed by atoms with Crippen LogP contribution in [0, 0.1) is 5.41 Å². The van der Waals surface area contributed by atoms with Gasteiger partial charge in [0, 0.05) is 24.7 Å². The Bertz CT molecular complexity index is 803. The van der Waals surface area contributed by atoms with Crippen LogP contribution in [-0.2, 0) is 11.2 Å². The number of hydrogen-bond acceptors (Lipinski definition) is 6. The number of aromatic nitrogens is 1. The maximum Gasteiger partial charge on any atom is 0.265 e. The fraction of sp³-hybridized carbons (Fsp3) is 0.353. The third-order valence-corrected chi connectivity index (χ3v) is 5.41. The standard InChI is InChI=1S/C17H19ClN4O3S/c18-12-3-1-11(2-4-12)7-17(15(25)20-5-6-23)9-22(10-17)14(24)13-8-21-16(19)26-13/h1-4,8,23H,5-7,9-10H2,(H2,19,21)(H,20,25). The maximum atomic E-state index is 12.7. The first-order valence-electron chi connectivity index (χ1n) is 8.08. The average Bonchev–Trinajstić information content (AvgIpc) is 3.03. The summed E-state index contributed by atoms with van der Waals surface area (Å²) in [5.41, 5.74) is 5.82. The van der Waals surface area contributed by atoms with E-state index in [0.717, 1.165) is 16.9 Å². The highest BCUT2D eigenvalue weighted by Gasteiger charge is 2.51. The molecule has 138 valence electrons. The van der Waals surface area contributed by atoms with Crippen molar-refractivity contribution in [3.8, 4) is 0 Å². The van der Waals surface area contributed by atoms with Crippen LogP contribution in [0.25, 0.3) is 0 Å². The van der Waals surface area contributed by atoms with Gasteiger partial charge in [-0.2, -0.15) is 0 Å². The number of anilines is 1. The smallest absolute Gasteiger partial charge is 0.265 e. The van der Waals surface area contributed by atoms with Gasteiger partial charge in [0.1, 0.15) is 4.88 Å². The summed E-state index contributed by atoms with van der Waals surface area (Å²) in [6, 6.07) is 7.30. The van der Waals surface area contributed by atoms with Crippen molar-refractivity contribution in [1.29, 1.82) is 0 Å². The predicted octanol–water partition coefficient (Wildman–Crippen LogP) is 1.17. The number of likely N-dealkylation sites (tertiary alicyclic amines) is 1. The maximum absolute atomic E-state index is 12.7. The molecule has 1 aromatic carbocycles. The monoisotopic (exact) mass is 394 g/mol. The molecule has 0 atom stereocenters. The Morgan fingerprint density at radius 2 is 2.04 bits per heavy atom. The van der Waals surface area contributed by atoms with Crippen molar-refractivity contribution in [3.63, 3.8) is 0 Å². The Labute approximate surface area is 159 Å². The quantitative estimate of drug-likeness (QED) is 0.681. The van der Waals surface area contributed by atoms with Crippen LogP contribution in [0.5, 0.6) is 0 Å². The molecule has 26 heavy (non-hydrogen) atoms. The molecule has 4 N–H and O–H groups in total. The van der Waals surface area contributed by atoms with E-state index in [0.29, 0.717) is 34.5 Å². The Morgan fingerprint density at radius 3 is 2.62 bits per heavy atom. The second-order valence-corrected chi connectivity index (χ2v) is 7.79. The number of carbonyl (C=O) groups excluding carboxylic acids is 2. The number of carbonyl (C=O) groups is 2. The van der Waals surface area contributed by atoms with Crippen LogP contribution in [0.2, 0.25) is 5.02 Å². The van der Waals surface area contributed by atoms with Crippen LogP contribution < -0.4 is 11.1 Å². The zero-order chi connectivity index (χ0) is 18.7. The molecule has 2 amide bonds. The second kappa shape index (κ2) is 7.61. The van der Waals surface area contributed by atoms with Gasteiger partial charge in [0.05, 0.1) is 18.2 Å². The van der Waals surface area contributed by atoms with Crippen molar-refractivity contribution in [3.05, 3.63) is 45.9 Å². The second-order valence-electron chi connectivity index (χ2n) is 6.29. The van der Waals surface area contributed by atoms with Crippen molar-refractivity contribution in [2.75, 3.05) is 32.0 Å². The van der Waals surface area contributed by atoms with Crippen molar-refractivity contribution in [2.45, 2.75) is 6.42 Å². The van der Waals surface area contributed by atoms with Gasteiger partial charge in [-0.15, -0.1) is 0 Å². The Kier molecular flexibility index (Phi) is 5.45. The molecule has 1 saturated heterocycles. The van der Waals surface area contributed by atoms with Gasteiger partial charge < -0.3 is 21.1 Å². The molecule has 1 aliphatic rings.